The summed E-state index contributed by atoms with van der Waals surface area (Å²) >= 11 is 0. The fraction of sp³-hybridized carbons (Fsp3) is 0.684. The highest BCUT2D eigenvalue weighted by Gasteiger charge is 2.59. The Hall–Kier alpha value is -2.07. The lowest BCUT2D eigenvalue weighted by Crippen LogP contribution is -2.47. The van der Waals surface area contributed by atoms with Crippen LogP contribution in [0, 0.1) is 11.8 Å². The number of aromatic amines is 1. The van der Waals surface area contributed by atoms with E-state index in [1.54, 1.807) is 11.8 Å². The van der Waals surface area contributed by atoms with Crippen LogP contribution >= 0.6 is 0 Å². The summed E-state index contributed by atoms with van der Waals surface area (Å²) in [6.07, 6.45) is -0.746. The third kappa shape index (κ3) is 2.58. The first-order valence-electron chi connectivity index (χ1n) is 9.89. The number of halogens is 3. The van der Waals surface area contributed by atoms with E-state index in [9.17, 15) is 28.6 Å². The van der Waals surface area contributed by atoms with Crippen LogP contribution < -0.4 is 11.2 Å². The van der Waals surface area contributed by atoms with E-state index in [0.29, 0.717) is 0 Å². The van der Waals surface area contributed by atoms with E-state index >= 15 is 4.39 Å². The first-order chi connectivity index (χ1) is 13.6. The van der Waals surface area contributed by atoms with Gasteiger partial charge in [0.1, 0.15) is 11.7 Å². The Balaban J connectivity index is 1.57. The molecule has 5 atom stereocenters. The van der Waals surface area contributed by atoms with Gasteiger partial charge in [-0.1, -0.05) is 6.92 Å². The lowest BCUT2D eigenvalue weighted by atomic mass is 9.85. The quantitative estimate of drug-likeness (QED) is 0.683. The fourth-order valence-corrected chi connectivity index (χ4v) is 5.56. The van der Waals surface area contributed by atoms with Gasteiger partial charge in [0.25, 0.3) is 11.5 Å². The maximum absolute atomic E-state index is 15.2. The maximum Gasteiger partial charge on any atom is 0.328 e. The monoisotopic (exact) mass is 413 g/mol. The summed E-state index contributed by atoms with van der Waals surface area (Å²) in [7, 11) is 0. The number of H-pyrrole nitrogens is 1. The Morgan fingerprint density at radius 2 is 1.90 bits per heavy atom. The number of hydrogen-bond donors (Lipinski definition) is 3. The number of nitrogens with zero attached hydrogens (tertiary/aromatic N) is 2. The lowest BCUT2D eigenvalue weighted by Gasteiger charge is -2.37. The van der Waals surface area contributed by atoms with Gasteiger partial charge >= 0.3 is 5.69 Å². The molecule has 0 amide bonds. The number of aliphatic hydroxyl groups is 2. The molecule has 5 unspecified atom stereocenters. The molecule has 1 aromatic heterocycles. The number of likely N-dealkylation sites (tertiary alicyclic amines) is 1. The third-order valence-corrected chi connectivity index (χ3v) is 7.01. The minimum absolute atomic E-state index is 0.0588. The van der Waals surface area contributed by atoms with E-state index in [-0.39, 0.29) is 30.4 Å². The van der Waals surface area contributed by atoms with Crippen molar-refractivity contribution in [1.29, 1.82) is 0 Å². The molecular weight excluding hydrogens is 391 g/mol. The minimum Gasteiger partial charge on any atom is -0.504 e. The number of aromatic nitrogens is 2. The number of fused-ring (bicyclic) bond motifs is 2. The Morgan fingerprint density at radius 3 is 2.52 bits per heavy atom. The van der Waals surface area contributed by atoms with E-state index in [2.05, 4.69) is 4.98 Å². The first kappa shape index (κ1) is 18.9. The minimum atomic E-state index is -3.15. The molecule has 2 saturated carbocycles. The van der Waals surface area contributed by atoms with Crippen LogP contribution in [0.5, 0.6) is 0 Å². The molecule has 3 fully saturated rings. The van der Waals surface area contributed by atoms with Crippen molar-refractivity contribution in [3.05, 3.63) is 37.9 Å². The molecule has 3 N–H and O–H groups in total. The zero-order chi connectivity index (χ0) is 20.8. The Kier molecular flexibility index (Phi) is 3.90. The lowest BCUT2D eigenvalue weighted by molar-refractivity contribution is -0.101. The summed E-state index contributed by atoms with van der Waals surface area (Å²) in [4.78, 5) is 28.5. The van der Waals surface area contributed by atoms with Crippen molar-refractivity contribution in [3.8, 4) is 0 Å². The molecule has 4 aliphatic rings. The second-order valence-electron chi connectivity index (χ2n) is 8.84. The Labute approximate surface area is 163 Å². The van der Waals surface area contributed by atoms with Crippen molar-refractivity contribution in [2.75, 3.05) is 13.1 Å². The van der Waals surface area contributed by atoms with Crippen LogP contribution in [0.4, 0.5) is 13.2 Å². The largest absolute Gasteiger partial charge is 0.504 e. The predicted octanol–water partition coefficient (Wildman–Crippen LogP) is 1.50. The average Bonchev–Trinajstić information content (AvgIpc) is 3.35. The molecule has 1 aliphatic heterocycles. The molecule has 3 aliphatic carbocycles. The van der Waals surface area contributed by atoms with Crippen molar-refractivity contribution >= 4 is 5.76 Å². The van der Waals surface area contributed by atoms with E-state index in [0.717, 1.165) is 12.8 Å². The zero-order valence-corrected chi connectivity index (χ0v) is 15.7. The van der Waals surface area contributed by atoms with Crippen molar-refractivity contribution in [3.63, 3.8) is 0 Å². The van der Waals surface area contributed by atoms with E-state index in [1.165, 1.54) is 4.57 Å². The number of nitrogens with one attached hydrogen (secondary N) is 1. The van der Waals surface area contributed by atoms with Gasteiger partial charge in [-0.15, -0.1) is 0 Å². The molecule has 0 bridgehead atoms. The smallest absolute Gasteiger partial charge is 0.328 e. The second kappa shape index (κ2) is 5.98. The summed E-state index contributed by atoms with van der Waals surface area (Å²) in [5.74, 6) is -6.67. The van der Waals surface area contributed by atoms with Crippen LogP contribution in [0.2, 0.25) is 0 Å². The molecule has 29 heavy (non-hydrogen) atoms. The summed E-state index contributed by atoms with van der Waals surface area (Å²) in [5.41, 5.74) is -1.38. The molecule has 0 aromatic carbocycles. The van der Waals surface area contributed by atoms with Crippen LogP contribution in [-0.2, 0) is 0 Å². The summed E-state index contributed by atoms with van der Waals surface area (Å²) in [5, 5.41) is 20.4. The molecule has 1 saturated heterocycles. The van der Waals surface area contributed by atoms with E-state index < -0.39 is 65.1 Å². The number of rotatable bonds is 2. The van der Waals surface area contributed by atoms with Gasteiger partial charge in [-0.3, -0.25) is 19.2 Å². The van der Waals surface area contributed by atoms with E-state index in [4.69, 9.17) is 0 Å². The summed E-state index contributed by atoms with van der Waals surface area (Å²) in [6, 6.07) is -1.09. The maximum atomic E-state index is 15.2. The van der Waals surface area contributed by atoms with Gasteiger partial charge in [-0.2, -0.15) is 0 Å². The van der Waals surface area contributed by atoms with Crippen molar-refractivity contribution in [2.24, 2.45) is 11.8 Å². The molecular formula is C19H22F3N3O4. The van der Waals surface area contributed by atoms with Gasteiger partial charge in [0.15, 0.2) is 11.6 Å². The topological polar surface area (TPSA) is 98.6 Å². The van der Waals surface area contributed by atoms with Gasteiger partial charge in [0.2, 0.25) is 0 Å². The number of alkyl halides is 2. The molecule has 1 aromatic rings. The van der Waals surface area contributed by atoms with Crippen molar-refractivity contribution in [1.82, 2.24) is 14.5 Å². The third-order valence-electron chi connectivity index (χ3n) is 7.01. The Morgan fingerprint density at radius 1 is 1.21 bits per heavy atom. The van der Waals surface area contributed by atoms with Gasteiger partial charge in [-0.25, -0.2) is 18.0 Å². The van der Waals surface area contributed by atoms with Crippen molar-refractivity contribution in [2.45, 2.75) is 56.2 Å². The van der Waals surface area contributed by atoms with Crippen LogP contribution in [0.3, 0.4) is 0 Å². The molecule has 0 radical (unpaired) electrons. The SMILES string of the molecule is CC1c2c(c(=O)[nH]c(=O)n2C2CC2)C(O)=C(F)C1N1CC2CC(F)(F)C(O)C2C1. The van der Waals surface area contributed by atoms with Gasteiger partial charge in [0.05, 0.1) is 6.04 Å². The summed E-state index contributed by atoms with van der Waals surface area (Å²) < 4.78 is 44.3. The van der Waals surface area contributed by atoms with Crippen LogP contribution in [0.1, 0.15) is 49.4 Å². The second-order valence-corrected chi connectivity index (χ2v) is 8.84. The molecule has 10 heteroatoms. The van der Waals surface area contributed by atoms with E-state index in [1.807, 2.05) is 0 Å². The average molecular weight is 413 g/mol. The normalized spacial score (nSPS) is 36.4. The molecule has 7 nitrogen and oxygen atoms in total. The first-order valence-corrected chi connectivity index (χ1v) is 9.89. The highest BCUT2D eigenvalue weighted by atomic mass is 19.3. The highest BCUT2D eigenvalue weighted by Crippen LogP contribution is 2.50. The predicted molar refractivity (Wildman–Crippen MR) is 96.6 cm³/mol. The van der Waals surface area contributed by atoms with Gasteiger partial charge in [0, 0.05) is 43.1 Å². The number of aliphatic hydroxyl groups excluding tert-OH is 2. The van der Waals surface area contributed by atoms with Crippen LogP contribution in [-0.4, -0.2) is 55.8 Å². The van der Waals surface area contributed by atoms with Crippen molar-refractivity contribution < 1.29 is 23.4 Å². The van der Waals surface area contributed by atoms with Gasteiger partial charge < -0.3 is 10.2 Å². The Bertz CT molecular complexity index is 1030. The fourth-order valence-electron chi connectivity index (χ4n) is 5.56. The zero-order valence-electron chi connectivity index (χ0n) is 15.7. The molecule has 5 rings (SSSR count). The summed E-state index contributed by atoms with van der Waals surface area (Å²) in [6.45, 7) is 1.88. The molecule has 2 heterocycles. The highest BCUT2D eigenvalue weighted by molar-refractivity contribution is 5.66. The number of hydrogen-bond acceptors (Lipinski definition) is 5. The van der Waals surface area contributed by atoms with Gasteiger partial charge in [-0.05, 0) is 18.8 Å². The van der Waals surface area contributed by atoms with Crippen LogP contribution in [0.25, 0.3) is 5.76 Å². The molecule has 0 spiro atoms. The molecule has 158 valence electrons. The standard InChI is InChI=1S/C19H22F3N3O4/c1-7-13-11(17(28)23-18(29)25(13)9-2-3-9)15(26)12(20)14(7)24-5-8-4-19(21,22)16(27)10(8)6-24/h7-10,14,16,26-27H,2-6H2,1H3,(H,23,28,29). The van der Waals surface area contributed by atoms with Crippen LogP contribution in [0.15, 0.2) is 15.4 Å².